The Morgan fingerprint density at radius 3 is 2.20 bits per heavy atom. The number of para-hydroxylation sites is 2. The molecule has 138 valence electrons. The fraction of sp³-hybridized carbons (Fsp3) is 0.588. The second kappa shape index (κ2) is 7.11. The van der Waals surface area contributed by atoms with E-state index in [1.807, 2.05) is 4.90 Å². The third-order valence-corrected chi connectivity index (χ3v) is 4.61. The van der Waals surface area contributed by atoms with Crippen molar-refractivity contribution in [1.29, 1.82) is 0 Å². The Balaban J connectivity index is 1.68. The molecular weight excluding hydrogens is 335 g/mol. The Bertz CT molecular complexity index is 623. The summed E-state index contributed by atoms with van der Waals surface area (Å²) >= 11 is 0. The summed E-state index contributed by atoms with van der Waals surface area (Å²) in [6.07, 6.45) is -3.66. The Labute approximate surface area is 144 Å². The largest absolute Gasteiger partial charge is 0.405 e. The maximum Gasteiger partial charge on any atom is 0.405 e. The number of rotatable bonds is 5. The zero-order chi connectivity index (χ0) is 18.0. The molecule has 0 aliphatic carbocycles. The summed E-state index contributed by atoms with van der Waals surface area (Å²) in [5.74, 6) is 0.0504. The second-order valence-electron chi connectivity index (χ2n) is 6.57. The van der Waals surface area contributed by atoms with Gasteiger partial charge < -0.3 is 19.8 Å². The minimum Gasteiger partial charge on any atom is -0.389 e. The third-order valence-electron chi connectivity index (χ3n) is 4.61. The van der Waals surface area contributed by atoms with Crippen molar-refractivity contribution in [3.63, 3.8) is 0 Å². The number of amides is 1. The first-order chi connectivity index (χ1) is 11.8. The number of anilines is 2. The molecule has 8 heteroatoms. The van der Waals surface area contributed by atoms with Crippen LogP contribution in [-0.2, 0) is 4.79 Å². The van der Waals surface area contributed by atoms with Gasteiger partial charge in [-0.2, -0.15) is 13.2 Å². The fourth-order valence-corrected chi connectivity index (χ4v) is 3.52. The van der Waals surface area contributed by atoms with Crippen molar-refractivity contribution in [3.05, 3.63) is 24.3 Å². The van der Waals surface area contributed by atoms with Gasteiger partial charge in [0.1, 0.15) is 6.54 Å². The molecule has 25 heavy (non-hydrogen) atoms. The van der Waals surface area contributed by atoms with E-state index >= 15 is 0 Å². The molecule has 5 nitrogen and oxygen atoms in total. The number of nitrogens with zero attached hydrogens (tertiary/aromatic N) is 3. The van der Waals surface area contributed by atoms with Gasteiger partial charge in [-0.15, -0.1) is 0 Å². The van der Waals surface area contributed by atoms with Crippen molar-refractivity contribution >= 4 is 17.3 Å². The number of carbonyl (C=O) groups is 1. The van der Waals surface area contributed by atoms with E-state index in [1.165, 1.54) is 4.90 Å². The zero-order valence-corrected chi connectivity index (χ0v) is 13.9. The van der Waals surface area contributed by atoms with Gasteiger partial charge in [-0.05, 0) is 18.6 Å². The van der Waals surface area contributed by atoms with Crippen LogP contribution in [0.4, 0.5) is 24.5 Å². The first kappa shape index (κ1) is 17.8. The number of aliphatic hydroxyl groups excluding tert-OH is 1. The number of alkyl halides is 3. The fourth-order valence-electron chi connectivity index (χ4n) is 3.52. The number of fused-ring (bicyclic) bond motifs is 1. The van der Waals surface area contributed by atoms with Crippen molar-refractivity contribution in [1.82, 2.24) is 4.90 Å². The standard InChI is InChI=1S/C17H22F3N3O2/c18-17(19,20)12-23-9-8-21(14-4-1-2-5-15(14)23)10-13(24)11-22-7-3-6-16(22)25/h1-2,4-5,13,24H,3,6-12H2/t13-/m0/s1. The average molecular weight is 357 g/mol. The van der Waals surface area contributed by atoms with Crippen LogP contribution in [0.2, 0.25) is 0 Å². The number of hydrogen-bond acceptors (Lipinski definition) is 4. The normalized spacial score (nSPS) is 19.4. The molecule has 0 saturated carbocycles. The van der Waals surface area contributed by atoms with Gasteiger partial charge in [0, 0.05) is 39.1 Å². The molecule has 0 spiro atoms. The Hall–Kier alpha value is -1.96. The molecule has 3 rings (SSSR count). The quantitative estimate of drug-likeness (QED) is 0.874. The predicted octanol–water partition coefficient (Wildman–Crippen LogP) is 1.86. The number of hydrogen-bond donors (Lipinski definition) is 1. The SMILES string of the molecule is O=C1CCCN1C[C@@H](O)CN1CCN(CC(F)(F)F)c2ccccc21. The highest BCUT2D eigenvalue weighted by Gasteiger charge is 2.34. The smallest absolute Gasteiger partial charge is 0.389 e. The van der Waals surface area contributed by atoms with Crippen LogP contribution >= 0.6 is 0 Å². The molecule has 1 atom stereocenters. The highest BCUT2D eigenvalue weighted by molar-refractivity contribution is 5.78. The van der Waals surface area contributed by atoms with Crippen molar-refractivity contribution < 1.29 is 23.1 Å². The molecule has 1 aromatic carbocycles. The molecule has 0 unspecified atom stereocenters. The van der Waals surface area contributed by atoms with Crippen LogP contribution in [-0.4, -0.2) is 67.5 Å². The lowest BCUT2D eigenvalue weighted by Crippen LogP contribution is -2.48. The van der Waals surface area contributed by atoms with E-state index in [0.29, 0.717) is 37.4 Å². The molecule has 2 heterocycles. The summed E-state index contributed by atoms with van der Waals surface area (Å²) in [5.41, 5.74) is 1.21. The third kappa shape index (κ3) is 4.36. The average Bonchev–Trinajstić information content (AvgIpc) is 2.93. The monoisotopic (exact) mass is 357 g/mol. The molecule has 0 aromatic heterocycles. The molecule has 1 saturated heterocycles. The van der Waals surface area contributed by atoms with Crippen molar-refractivity contribution in [3.8, 4) is 0 Å². The van der Waals surface area contributed by atoms with Crippen molar-refractivity contribution in [2.75, 3.05) is 49.1 Å². The van der Waals surface area contributed by atoms with E-state index in [1.54, 1.807) is 29.2 Å². The molecule has 1 amide bonds. The van der Waals surface area contributed by atoms with Gasteiger partial charge in [-0.1, -0.05) is 12.1 Å². The van der Waals surface area contributed by atoms with Gasteiger partial charge in [0.05, 0.1) is 17.5 Å². The number of likely N-dealkylation sites (tertiary alicyclic amines) is 1. The van der Waals surface area contributed by atoms with Crippen LogP contribution in [0.15, 0.2) is 24.3 Å². The molecule has 1 N–H and O–H groups in total. The van der Waals surface area contributed by atoms with Crippen LogP contribution in [0.5, 0.6) is 0 Å². The van der Waals surface area contributed by atoms with E-state index in [9.17, 15) is 23.1 Å². The lowest BCUT2D eigenvalue weighted by Gasteiger charge is -2.40. The van der Waals surface area contributed by atoms with E-state index in [-0.39, 0.29) is 19.0 Å². The summed E-state index contributed by atoms with van der Waals surface area (Å²) < 4.78 is 38.3. The maximum atomic E-state index is 12.8. The second-order valence-corrected chi connectivity index (χ2v) is 6.57. The summed E-state index contributed by atoms with van der Waals surface area (Å²) in [4.78, 5) is 16.5. The number of aliphatic hydroxyl groups is 1. The summed E-state index contributed by atoms with van der Waals surface area (Å²) in [7, 11) is 0. The number of halogens is 3. The predicted molar refractivity (Wildman–Crippen MR) is 88.7 cm³/mol. The van der Waals surface area contributed by atoms with Crippen LogP contribution in [0.3, 0.4) is 0 Å². The summed E-state index contributed by atoms with van der Waals surface area (Å²) in [6.45, 7) is 0.878. The number of benzene rings is 1. The van der Waals surface area contributed by atoms with Crippen LogP contribution in [0, 0.1) is 0 Å². The Morgan fingerprint density at radius 2 is 1.60 bits per heavy atom. The van der Waals surface area contributed by atoms with Crippen LogP contribution in [0.1, 0.15) is 12.8 Å². The highest BCUT2D eigenvalue weighted by Crippen LogP contribution is 2.34. The lowest BCUT2D eigenvalue weighted by atomic mass is 10.1. The van der Waals surface area contributed by atoms with E-state index in [0.717, 1.165) is 6.42 Å². The van der Waals surface area contributed by atoms with Gasteiger partial charge >= 0.3 is 6.18 Å². The van der Waals surface area contributed by atoms with E-state index in [2.05, 4.69) is 0 Å². The zero-order valence-electron chi connectivity index (χ0n) is 13.9. The number of carbonyl (C=O) groups excluding carboxylic acids is 1. The minimum absolute atomic E-state index is 0.0504. The molecule has 0 radical (unpaired) electrons. The molecule has 2 aliphatic heterocycles. The minimum atomic E-state index is -4.26. The van der Waals surface area contributed by atoms with Crippen LogP contribution < -0.4 is 9.80 Å². The van der Waals surface area contributed by atoms with E-state index in [4.69, 9.17) is 0 Å². The topological polar surface area (TPSA) is 47.0 Å². The van der Waals surface area contributed by atoms with Gasteiger partial charge in [-0.3, -0.25) is 4.79 Å². The molecule has 2 aliphatic rings. The van der Waals surface area contributed by atoms with Gasteiger partial charge in [0.25, 0.3) is 0 Å². The number of β-amino-alcohol motifs (C(OH)–C–C–N with tert-alkyl or cyclic N) is 1. The lowest BCUT2D eigenvalue weighted by molar-refractivity contribution is -0.128. The van der Waals surface area contributed by atoms with Gasteiger partial charge in [0.2, 0.25) is 5.91 Å². The van der Waals surface area contributed by atoms with Crippen molar-refractivity contribution in [2.24, 2.45) is 0 Å². The van der Waals surface area contributed by atoms with Crippen LogP contribution in [0.25, 0.3) is 0 Å². The first-order valence-corrected chi connectivity index (χ1v) is 8.45. The van der Waals surface area contributed by atoms with Crippen molar-refractivity contribution in [2.45, 2.75) is 25.1 Å². The maximum absolute atomic E-state index is 12.8. The Kier molecular flexibility index (Phi) is 5.08. The summed E-state index contributed by atoms with van der Waals surface area (Å²) in [6, 6.07) is 6.93. The van der Waals surface area contributed by atoms with Gasteiger partial charge in [-0.25, -0.2) is 0 Å². The molecule has 1 fully saturated rings. The first-order valence-electron chi connectivity index (χ1n) is 8.45. The van der Waals surface area contributed by atoms with Gasteiger partial charge in [0.15, 0.2) is 0 Å². The summed E-state index contributed by atoms with van der Waals surface area (Å²) in [5, 5.41) is 10.3. The highest BCUT2D eigenvalue weighted by atomic mass is 19.4. The van der Waals surface area contributed by atoms with E-state index < -0.39 is 18.8 Å². The molecular formula is C17H22F3N3O2. The Morgan fingerprint density at radius 1 is 1.00 bits per heavy atom. The molecule has 0 bridgehead atoms. The molecule has 1 aromatic rings.